The molecule has 0 aliphatic carbocycles. The summed E-state index contributed by atoms with van der Waals surface area (Å²) in [5.74, 6) is -0.710. The van der Waals surface area contributed by atoms with Crippen LogP contribution in [0.2, 0.25) is 10.0 Å². The van der Waals surface area contributed by atoms with Gasteiger partial charge in [-0.3, -0.25) is 29.1 Å². The third kappa shape index (κ3) is 14.0. The number of halogens is 2. The molecule has 0 saturated carbocycles. The van der Waals surface area contributed by atoms with Gasteiger partial charge >= 0.3 is 19.9 Å². The van der Waals surface area contributed by atoms with Crippen LogP contribution in [-0.2, 0) is 67.4 Å². The topological polar surface area (TPSA) is 252 Å². The van der Waals surface area contributed by atoms with E-state index >= 15 is 4.79 Å². The number of aromatic nitrogens is 1. The molecular weight excluding hydrogens is 1270 g/mol. The highest BCUT2D eigenvalue weighted by Crippen LogP contribution is 2.45. The number of rotatable bonds is 20. The first-order chi connectivity index (χ1) is 45.1. The third-order valence-electron chi connectivity index (χ3n) is 17.1. The lowest BCUT2D eigenvalue weighted by molar-refractivity contribution is -0.196. The first kappa shape index (κ1) is 66.3. The predicted molar refractivity (Wildman–Crippen MR) is 349 cm³/mol. The number of urea groups is 2. The number of hydrazine groups is 2. The maximum Gasteiger partial charge on any atom is 0.564 e. The fourth-order valence-corrected chi connectivity index (χ4v) is 14.1. The summed E-state index contributed by atoms with van der Waals surface area (Å²) in [6.45, 7) is 1.72. The van der Waals surface area contributed by atoms with Gasteiger partial charge in [0.2, 0.25) is 23.6 Å². The molecule has 4 saturated heterocycles. The molecule has 4 aliphatic rings. The summed E-state index contributed by atoms with van der Waals surface area (Å²) in [6, 6.07) is 35.8. The van der Waals surface area contributed by atoms with Crippen molar-refractivity contribution in [1.82, 2.24) is 55.3 Å². The summed E-state index contributed by atoms with van der Waals surface area (Å²) < 4.78 is 35.0. The molecule has 3 N–H and O–H groups in total. The number of pyridine rings is 1. The molecule has 25 nitrogen and oxygen atoms in total. The highest BCUT2D eigenvalue weighted by molar-refractivity contribution is 7.47. The van der Waals surface area contributed by atoms with Gasteiger partial charge in [0.15, 0.2) is 17.2 Å². The number of nitrogens with one attached hydrogen (secondary N) is 2. The Bertz CT molecular complexity index is 4040. The fourth-order valence-electron chi connectivity index (χ4n) is 12.8. The summed E-state index contributed by atoms with van der Waals surface area (Å²) in [6.07, 6.45) is -0.252. The average molecular weight is 1340 g/mol. The summed E-state index contributed by atoms with van der Waals surface area (Å²) in [5.41, 5.74) is 5.37. The summed E-state index contributed by atoms with van der Waals surface area (Å²) in [4.78, 5) is 116. The van der Waals surface area contributed by atoms with Crippen molar-refractivity contribution in [2.75, 3.05) is 66.9 Å². The Labute approximate surface area is 553 Å². The second kappa shape index (κ2) is 28.2. The van der Waals surface area contributed by atoms with Gasteiger partial charge in [-0.05, 0) is 83.3 Å². The quantitative estimate of drug-likeness (QED) is 0.0373. The normalized spacial score (nSPS) is 20.0. The van der Waals surface area contributed by atoms with Crippen molar-refractivity contribution < 1.29 is 61.8 Å². The van der Waals surface area contributed by atoms with Gasteiger partial charge in [-0.2, -0.15) is 0 Å². The Morgan fingerprint density at radius 1 is 0.681 bits per heavy atom. The minimum absolute atomic E-state index is 0.00104. The van der Waals surface area contributed by atoms with E-state index in [4.69, 9.17) is 46.8 Å². The van der Waals surface area contributed by atoms with Crippen LogP contribution in [-0.4, -0.2) is 178 Å². The van der Waals surface area contributed by atoms with Crippen LogP contribution in [0.25, 0.3) is 10.9 Å². The Hall–Kier alpha value is -9.20. The predicted octanol–water partition coefficient (Wildman–Crippen LogP) is 7.86. The molecule has 11 rings (SSSR count). The van der Waals surface area contributed by atoms with Gasteiger partial charge in [0.1, 0.15) is 30.2 Å². The average Bonchev–Trinajstić information content (AvgIpc) is 0.742. The van der Waals surface area contributed by atoms with Gasteiger partial charge in [0, 0.05) is 89.4 Å². The highest BCUT2D eigenvalue weighted by Gasteiger charge is 2.55. The van der Waals surface area contributed by atoms with Gasteiger partial charge in [-0.1, -0.05) is 119 Å². The van der Waals surface area contributed by atoms with Crippen molar-refractivity contribution in [3.8, 4) is 23.0 Å². The Balaban J connectivity index is 0.782. The number of hydrogen-bond donors (Lipinski definition) is 3. The smallest absolute Gasteiger partial charge is 0.493 e. The number of anilines is 1. The maximum absolute atomic E-state index is 15.0. The highest BCUT2D eigenvalue weighted by atomic mass is 35.5. The van der Waals surface area contributed by atoms with Crippen LogP contribution in [0, 0.1) is 0 Å². The summed E-state index contributed by atoms with van der Waals surface area (Å²) >= 11 is 13.3. The van der Waals surface area contributed by atoms with E-state index in [0.717, 1.165) is 16.5 Å². The van der Waals surface area contributed by atoms with E-state index in [-0.39, 0.29) is 82.0 Å². The van der Waals surface area contributed by atoms with Gasteiger partial charge in [0.25, 0.3) is 0 Å². The number of nitrogens with zero attached hydrogens (tertiary/aromatic N) is 10. The van der Waals surface area contributed by atoms with Crippen LogP contribution >= 0.6 is 31.0 Å². The number of phosphoric acid groups is 1. The lowest BCUT2D eigenvalue weighted by Crippen LogP contribution is -2.78. The molecule has 4 aliphatic heterocycles. The zero-order valence-corrected chi connectivity index (χ0v) is 55.0. The molecule has 0 bridgehead atoms. The van der Waals surface area contributed by atoms with Crippen LogP contribution in [0.4, 0.5) is 15.3 Å². The van der Waals surface area contributed by atoms with Crippen LogP contribution in [0.5, 0.6) is 23.0 Å². The third-order valence-corrected chi connectivity index (χ3v) is 18.3. The molecule has 1 aromatic heterocycles. The molecule has 6 aromatic carbocycles. The zero-order chi connectivity index (χ0) is 66.7. The first-order valence-corrected chi connectivity index (χ1v) is 32.4. The Kier molecular flexibility index (Phi) is 19.9. The van der Waals surface area contributed by atoms with Gasteiger partial charge in [-0.25, -0.2) is 34.2 Å². The van der Waals surface area contributed by atoms with Crippen LogP contribution < -0.4 is 34.4 Å². The number of carbonyl (C=O) groups is 6. The van der Waals surface area contributed by atoms with Crippen molar-refractivity contribution in [2.24, 2.45) is 0 Å². The molecule has 5 heterocycles. The summed E-state index contributed by atoms with van der Waals surface area (Å²) in [5, 5.41) is 13.6. The summed E-state index contributed by atoms with van der Waals surface area (Å²) in [7, 11) is 4.91. The number of benzene rings is 6. The van der Waals surface area contributed by atoms with E-state index in [0.29, 0.717) is 55.0 Å². The van der Waals surface area contributed by atoms with E-state index in [9.17, 15) is 33.4 Å². The molecule has 94 heavy (non-hydrogen) atoms. The molecule has 492 valence electrons. The number of fused-ring (bicyclic) bond motifs is 3. The molecule has 1 unspecified atom stereocenters. The van der Waals surface area contributed by atoms with Gasteiger partial charge in [0.05, 0.1) is 56.1 Å². The van der Waals surface area contributed by atoms with Crippen molar-refractivity contribution >= 4 is 83.3 Å². The number of piperazine rings is 2. The first-order valence-electron chi connectivity index (χ1n) is 30.2. The molecule has 6 atom stereocenters. The maximum atomic E-state index is 15.0. The molecule has 7 aromatic rings. The zero-order valence-electron chi connectivity index (χ0n) is 52.6. The molecule has 0 spiro atoms. The fraction of sp³-hybridized carbons (Fsp3) is 0.318. The second-order valence-electron chi connectivity index (χ2n) is 23.4. The van der Waals surface area contributed by atoms with E-state index in [2.05, 4.69) is 15.6 Å². The Morgan fingerprint density at radius 3 is 1.98 bits per heavy atom. The van der Waals surface area contributed by atoms with Crippen LogP contribution in [0.3, 0.4) is 0 Å². The number of para-hydroxylation sites is 2. The van der Waals surface area contributed by atoms with E-state index in [1.807, 2.05) is 86.6 Å². The number of likely N-dealkylation sites (N-methyl/N-ethyl adjacent to an activating group) is 2. The van der Waals surface area contributed by atoms with E-state index < -0.39 is 62.2 Å². The Morgan fingerprint density at radius 2 is 1.30 bits per heavy atom. The number of hydrogen-bond acceptors (Lipinski definition) is 16. The number of carbonyl (C=O) groups excluding carboxylic acids is 6. The van der Waals surface area contributed by atoms with Crippen molar-refractivity contribution in [1.29, 1.82) is 0 Å². The number of amides is 8. The van der Waals surface area contributed by atoms with Crippen LogP contribution in [0.1, 0.15) is 40.3 Å². The molecule has 8 amide bonds. The molecule has 0 radical (unpaired) electrons. The van der Waals surface area contributed by atoms with Crippen molar-refractivity contribution in [3.05, 3.63) is 189 Å². The van der Waals surface area contributed by atoms with Gasteiger partial charge in [-0.15, -0.1) is 0 Å². The molecular formula is C66H71Cl2N12O13P. The van der Waals surface area contributed by atoms with Gasteiger partial charge < -0.3 is 54.0 Å². The molecule has 28 heteroatoms. The lowest BCUT2D eigenvalue weighted by Gasteiger charge is -2.57. The van der Waals surface area contributed by atoms with Crippen LogP contribution in [0.15, 0.2) is 146 Å². The minimum atomic E-state index is -5.01. The number of ether oxygens (including phenoxy) is 2. The van der Waals surface area contributed by atoms with E-state index in [1.165, 1.54) is 63.3 Å². The number of phosphoric ester groups is 1. The molecule has 4 fully saturated rings. The minimum Gasteiger partial charge on any atom is -0.493 e. The van der Waals surface area contributed by atoms with E-state index in [1.54, 1.807) is 89.7 Å². The monoisotopic (exact) mass is 1340 g/mol. The second-order valence-corrected chi connectivity index (χ2v) is 25.5. The SMILES string of the molecule is COc1cccc(CNC(=O)N2[C@H]3CN(Cc4cc(Cl)cc(Cl)c4N(C)C)C(=O)[C@H](Cc4ccc(OOP(=O)(O)Oc5ccc(C[C@H]6C(=O)N(Cc7cccc8cccnc78)[C@@H](C)[C@H]7N6C(=O)CN(C)N7C(=O)NCc6ccccc6)cc5)cc4)N3C(=O)CN2C)c1OC. The van der Waals surface area contributed by atoms with Crippen molar-refractivity contribution in [2.45, 2.75) is 76.4 Å². The largest absolute Gasteiger partial charge is 0.564 e. The number of methoxy groups -OCH3 is 2. The van der Waals surface area contributed by atoms with Crippen molar-refractivity contribution in [3.63, 3.8) is 0 Å². The standard InChI is InChI=1S/C66H71Cl2N12O13P/c1-41-62-78(58(82)40-74(5)80(62)66(86)70-34-44-14-9-8-10-15-44)54(64(84)76(41)37-47-18-11-16-45-19-13-29-69-59(45)47)31-43-23-27-51(28-24-43)92-94(87,88)93-91-50-25-21-42(22-26-50)30-53-63(83)75(36-48-32-49(67)33-52(68)60(48)72(2)3)38-56-77(53)57(81)39-73(4)79(56)65(85)71-35-46-17-12-20-55(89-6)61(46)90-7/h8-29,32-33,41,53-54,56,62H,30-31,34-40H2,1-7H3,(H,70,86)(H,71,85)(H,87,88)/t41-,53-,54-,56-,62-/m0/s1. The lowest BCUT2D eigenvalue weighted by atomic mass is 9.94.